The van der Waals surface area contributed by atoms with E-state index in [2.05, 4.69) is 11.4 Å². The van der Waals surface area contributed by atoms with E-state index < -0.39 is 0 Å². The van der Waals surface area contributed by atoms with Gasteiger partial charge in [-0.15, -0.1) is 11.3 Å². The van der Waals surface area contributed by atoms with E-state index in [9.17, 15) is 4.39 Å². The fourth-order valence-electron chi connectivity index (χ4n) is 1.56. The van der Waals surface area contributed by atoms with E-state index in [-0.39, 0.29) is 11.6 Å². The minimum atomic E-state index is -0.317. The van der Waals surface area contributed by atoms with Gasteiger partial charge >= 0.3 is 0 Å². The minimum absolute atomic E-state index is 0.284. The number of benzene rings is 1. The number of halogens is 1. The minimum Gasteiger partial charge on any atom is -0.494 e. The molecule has 0 aliphatic rings. The van der Waals surface area contributed by atoms with Gasteiger partial charge in [-0.1, -0.05) is 12.1 Å². The highest BCUT2D eigenvalue weighted by Gasteiger charge is 2.03. The summed E-state index contributed by atoms with van der Waals surface area (Å²) < 4.78 is 18.3. The molecule has 1 N–H and O–H groups in total. The zero-order chi connectivity index (χ0) is 12.1. The maximum atomic E-state index is 13.4. The smallest absolute Gasteiger partial charge is 0.165 e. The molecule has 1 heterocycles. The maximum Gasteiger partial charge on any atom is 0.165 e. The van der Waals surface area contributed by atoms with Gasteiger partial charge in [-0.3, -0.25) is 0 Å². The number of methoxy groups -OCH3 is 1. The summed E-state index contributed by atoms with van der Waals surface area (Å²) in [4.78, 5) is 1.28. The Labute approximate surface area is 104 Å². The van der Waals surface area contributed by atoms with Gasteiger partial charge < -0.3 is 10.1 Å². The molecule has 0 fully saturated rings. The fraction of sp³-hybridized carbons (Fsp3) is 0.231. The van der Waals surface area contributed by atoms with E-state index in [1.54, 1.807) is 17.4 Å². The molecule has 4 heteroatoms. The average molecular weight is 251 g/mol. The molecule has 0 radical (unpaired) electrons. The second-order valence-corrected chi connectivity index (χ2v) is 4.68. The summed E-state index contributed by atoms with van der Waals surface area (Å²) in [7, 11) is 1.47. The molecule has 1 aromatic heterocycles. The van der Waals surface area contributed by atoms with Gasteiger partial charge in [0.2, 0.25) is 0 Å². The molecule has 0 saturated carbocycles. The third kappa shape index (κ3) is 3.28. The number of hydrogen-bond acceptors (Lipinski definition) is 3. The van der Waals surface area contributed by atoms with E-state index in [1.807, 2.05) is 17.5 Å². The number of rotatable bonds is 5. The van der Waals surface area contributed by atoms with Crippen LogP contribution in [-0.4, -0.2) is 7.11 Å². The topological polar surface area (TPSA) is 21.3 Å². The zero-order valence-corrected chi connectivity index (χ0v) is 10.4. The molecule has 90 valence electrons. The lowest BCUT2D eigenvalue weighted by atomic mass is 10.2. The van der Waals surface area contributed by atoms with Crippen LogP contribution < -0.4 is 10.1 Å². The van der Waals surface area contributed by atoms with Gasteiger partial charge in [-0.25, -0.2) is 4.39 Å². The number of hydrogen-bond donors (Lipinski definition) is 1. The van der Waals surface area contributed by atoms with Gasteiger partial charge in [0.05, 0.1) is 7.11 Å². The summed E-state index contributed by atoms with van der Waals surface area (Å²) in [6.45, 7) is 1.46. The summed E-state index contributed by atoms with van der Waals surface area (Å²) in [6.07, 6.45) is 0. The second kappa shape index (κ2) is 5.80. The Morgan fingerprint density at radius 1 is 1.29 bits per heavy atom. The van der Waals surface area contributed by atoms with Crippen LogP contribution in [0.25, 0.3) is 0 Å². The predicted octanol–water partition coefficient (Wildman–Crippen LogP) is 3.19. The summed E-state index contributed by atoms with van der Waals surface area (Å²) in [5.41, 5.74) is 0.917. The van der Waals surface area contributed by atoms with Crippen molar-refractivity contribution in [2.45, 2.75) is 13.1 Å². The quantitative estimate of drug-likeness (QED) is 0.881. The Kier molecular flexibility index (Phi) is 4.12. The molecule has 2 rings (SSSR count). The van der Waals surface area contributed by atoms with Crippen molar-refractivity contribution in [2.24, 2.45) is 0 Å². The van der Waals surface area contributed by atoms with Crippen LogP contribution in [0.4, 0.5) is 4.39 Å². The molecule has 2 nitrogen and oxygen atoms in total. The number of nitrogens with one attached hydrogen (secondary N) is 1. The summed E-state index contributed by atoms with van der Waals surface area (Å²) in [5, 5.41) is 5.32. The molecule has 17 heavy (non-hydrogen) atoms. The van der Waals surface area contributed by atoms with E-state index in [0.717, 1.165) is 12.1 Å². The van der Waals surface area contributed by atoms with Gasteiger partial charge in [0, 0.05) is 18.0 Å². The van der Waals surface area contributed by atoms with Gasteiger partial charge in [0.25, 0.3) is 0 Å². The Hall–Kier alpha value is -1.39. The third-order valence-electron chi connectivity index (χ3n) is 2.42. The lowest BCUT2D eigenvalue weighted by molar-refractivity contribution is 0.386. The molecule has 0 amide bonds. The normalized spacial score (nSPS) is 10.5. The first kappa shape index (κ1) is 12.1. The highest BCUT2D eigenvalue weighted by Crippen LogP contribution is 2.17. The van der Waals surface area contributed by atoms with Crippen molar-refractivity contribution < 1.29 is 9.13 Å². The molecular weight excluding hydrogens is 237 g/mol. The van der Waals surface area contributed by atoms with Crippen molar-refractivity contribution in [3.8, 4) is 5.75 Å². The Bertz CT molecular complexity index is 470. The fourth-order valence-corrected chi connectivity index (χ4v) is 2.24. The van der Waals surface area contributed by atoms with Crippen LogP contribution in [0, 0.1) is 5.82 Å². The largest absolute Gasteiger partial charge is 0.494 e. The van der Waals surface area contributed by atoms with Crippen molar-refractivity contribution in [3.63, 3.8) is 0 Å². The summed E-state index contributed by atoms with van der Waals surface area (Å²) >= 11 is 1.71. The van der Waals surface area contributed by atoms with Crippen LogP contribution >= 0.6 is 11.3 Å². The summed E-state index contributed by atoms with van der Waals surface area (Å²) in [5.74, 6) is -0.0325. The predicted molar refractivity (Wildman–Crippen MR) is 67.8 cm³/mol. The average Bonchev–Trinajstić information content (AvgIpc) is 2.82. The molecule has 1 aromatic carbocycles. The van der Waals surface area contributed by atoms with Crippen molar-refractivity contribution in [1.29, 1.82) is 0 Å². The van der Waals surface area contributed by atoms with E-state index in [4.69, 9.17) is 4.74 Å². The molecular formula is C13H14FNOS. The van der Waals surface area contributed by atoms with E-state index >= 15 is 0 Å². The van der Waals surface area contributed by atoms with Crippen LogP contribution in [0.2, 0.25) is 0 Å². The van der Waals surface area contributed by atoms with Crippen LogP contribution in [0.15, 0.2) is 35.7 Å². The molecule has 0 spiro atoms. The molecule has 0 aliphatic heterocycles. The zero-order valence-electron chi connectivity index (χ0n) is 9.57. The first-order valence-electron chi connectivity index (χ1n) is 5.35. The lowest BCUT2D eigenvalue weighted by Gasteiger charge is -2.06. The van der Waals surface area contributed by atoms with Crippen LogP contribution in [0.3, 0.4) is 0 Å². The summed E-state index contributed by atoms with van der Waals surface area (Å²) in [6, 6.07) is 9.11. The first-order chi connectivity index (χ1) is 8.29. The van der Waals surface area contributed by atoms with Gasteiger partial charge in [0.1, 0.15) is 0 Å². The van der Waals surface area contributed by atoms with Crippen LogP contribution in [0.5, 0.6) is 5.75 Å². The van der Waals surface area contributed by atoms with Crippen LogP contribution in [-0.2, 0) is 13.1 Å². The van der Waals surface area contributed by atoms with Crippen molar-refractivity contribution in [3.05, 3.63) is 52.0 Å². The Morgan fingerprint density at radius 2 is 2.18 bits per heavy atom. The van der Waals surface area contributed by atoms with Crippen molar-refractivity contribution in [1.82, 2.24) is 5.32 Å². The monoisotopic (exact) mass is 251 g/mol. The molecule has 0 aliphatic carbocycles. The number of thiophene rings is 1. The van der Waals surface area contributed by atoms with E-state index in [1.165, 1.54) is 18.1 Å². The standard InChI is InChI=1S/C13H14FNOS/c1-16-13-5-4-10(7-12(13)14)8-15-9-11-3-2-6-17-11/h2-7,15H,8-9H2,1H3. The molecule has 0 atom stereocenters. The van der Waals surface area contributed by atoms with E-state index in [0.29, 0.717) is 6.54 Å². The molecule has 0 bridgehead atoms. The lowest BCUT2D eigenvalue weighted by Crippen LogP contribution is -2.11. The van der Waals surface area contributed by atoms with Crippen molar-refractivity contribution >= 4 is 11.3 Å². The van der Waals surface area contributed by atoms with Gasteiger partial charge in [0.15, 0.2) is 11.6 Å². The SMILES string of the molecule is COc1ccc(CNCc2cccs2)cc1F. The van der Waals surface area contributed by atoms with Crippen LogP contribution in [0.1, 0.15) is 10.4 Å². The third-order valence-corrected chi connectivity index (χ3v) is 3.30. The van der Waals surface area contributed by atoms with Gasteiger partial charge in [-0.2, -0.15) is 0 Å². The first-order valence-corrected chi connectivity index (χ1v) is 6.23. The Morgan fingerprint density at radius 3 is 2.82 bits per heavy atom. The highest BCUT2D eigenvalue weighted by molar-refractivity contribution is 7.09. The second-order valence-electron chi connectivity index (χ2n) is 3.65. The number of ether oxygens (including phenoxy) is 1. The highest BCUT2D eigenvalue weighted by atomic mass is 32.1. The van der Waals surface area contributed by atoms with Crippen molar-refractivity contribution in [2.75, 3.05) is 7.11 Å². The van der Waals surface area contributed by atoms with Gasteiger partial charge in [-0.05, 0) is 29.1 Å². The Balaban J connectivity index is 1.89. The molecule has 0 unspecified atom stereocenters. The molecule has 0 saturated heterocycles. The maximum absolute atomic E-state index is 13.4. The molecule has 2 aromatic rings.